The second kappa shape index (κ2) is 9.28. The van der Waals surface area contributed by atoms with E-state index < -0.39 is 21.3 Å². The fraction of sp³-hybridized carbons (Fsp3) is 0.100. The molecule has 0 spiro atoms. The van der Waals surface area contributed by atoms with Crippen molar-refractivity contribution >= 4 is 42.6 Å². The van der Waals surface area contributed by atoms with E-state index in [4.69, 9.17) is 10.00 Å². The van der Waals surface area contributed by atoms with Crippen molar-refractivity contribution in [2.24, 2.45) is 0 Å². The van der Waals surface area contributed by atoms with E-state index in [-0.39, 0.29) is 23.0 Å². The first-order valence-corrected chi connectivity index (χ1v) is 11.5. The summed E-state index contributed by atoms with van der Waals surface area (Å²) in [6.45, 7) is 0. The zero-order valence-electron chi connectivity index (χ0n) is 16.3. The fourth-order valence-corrected chi connectivity index (χ4v) is 4.14. The molecule has 0 aliphatic rings. The van der Waals surface area contributed by atoms with Crippen LogP contribution >= 0.6 is 15.9 Å². The molecule has 0 amide bonds. The third-order valence-electron chi connectivity index (χ3n) is 3.95. The summed E-state index contributed by atoms with van der Waals surface area (Å²) in [5.74, 6) is -1.01. The van der Waals surface area contributed by atoms with Gasteiger partial charge in [0, 0.05) is 33.4 Å². The number of anilines is 2. The minimum atomic E-state index is -2.71. The molecule has 160 valence electrons. The topological polar surface area (TPSA) is 99.9 Å². The van der Waals surface area contributed by atoms with Gasteiger partial charge in [-0.05, 0) is 35.9 Å². The Hall–Kier alpha value is -3.23. The van der Waals surface area contributed by atoms with E-state index in [0.29, 0.717) is 15.7 Å². The van der Waals surface area contributed by atoms with Crippen LogP contribution < -0.4 is 14.8 Å². The Labute approximate surface area is 186 Å². The molecule has 1 heterocycles. The number of ether oxygens (including phenoxy) is 1. The van der Waals surface area contributed by atoms with Gasteiger partial charge in [0.25, 0.3) is 0 Å². The highest BCUT2D eigenvalue weighted by atomic mass is 79.9. The van der Waals surface area contributed by atoms with Crippen molar-refractivity contribution < 1.29 is 17.7 Å². The number of rotatable bonds is 6. The van der Waals surface area contributed by atoms with Gasteiger partial charge in [0.2, 0.25) is 5.95 Å². The van der Waals surface area contributed by atoms with Gasteiger partial charge in [-0.25, -0.2) is 27.7 Å². The second-order valence-corrected chi connectivity index (χ2v) is 9.53. The van der Waals surface area contributed by atoms with Crippen LogP contribution in [0.15, 0.2) is 47.1 Å². The summed E-state index contributed by atoms with van der Waals surface area (Å²) in [7, 11) is -1.36. The van der Waals surface area contributed by atoms with Crippen LogP contribution in [0.5, 0.6) is 5.75 Å². The molecule has 1 aromatic heterocycles. The van der Waals surface area contributed by atoms with Crippen molar-refractivity contribution in [3.63, 3.8) is 0 Å². The van der Waals surface area contributed by atoms with E-state index in [1.807, 2.05) is 0 Å². The van der Waals surface area contributed by atoms with Crippen molar-refractivity contribution in [1.82, 2.24) is 14.7 Å². The number of hydrogen-bond acceptors (Lipinski definition) is 6. The zero-order valence-corrected chi connectivity index (χ0v) is 18.7. The quantitative estimate of drug-likeness (QED) is 0.297. The Morgan fingerprint density at radius 3 is 2.74 bits per heavy atom. The molecular weight excluding hydrogens is 492 g/mol. The molecule has 0 radical (unpaired) electrons. The van der Waals surface area contributed by atoms with E-state index in [9.17, 15) is 13.0 Å². The molecule has 2 aromatic carbocycles. The molecule has 0 aliphatic heterocycles. The van der Waals surface area contributed by atoms with Gasteiger partial charge in [-0.15, -0.1) is 0 Å². The molecule has 3 rings (SSSR count). The first-order valence-electron chi connectivity index (χ1n) is 8.64. The van der Waals surface area contributed by atoms with Crippen molar-refractivity contribution in [3.05, 3.63) is 64.3 Å². The van der Waals surface area contributed by atoms with Crippen molar-refractivity contribution in [3.8, 4) is 23.2 Å². The van der Waals surface area contributed by atoms with Gasteiger partial charge < -0.3 is 10.1 Å². The van der Waals surface area contributed by atoms with E-state index >= 15 is 0 Å². The fourth-order valence-electron chi connectivity index (χ4n) is 2.74. The van der Waals surface area contributed by atoms with Gasteiger partial charge in [-0.1, -0.05) is 15.9 Å². The lowest BCUT2D eigenvalue weighted by Crippen LogP contribution is -2.18. The predicted molar refractivity (Wildman–Crippen MR) is 119 cm³/mol. The highest BCUT2D eigenvalue weighted by molar-refractivity contribution is 9.10. The Morgan fingerprint density at radius 1 is 1.26 bits per heavy atom. The maximum atomic E-state index is 14.4. The molecule has 0 fully saturated rings. The molecular formula is C20H16BrF2N5O2S. The van der Waals surface area contributed by atoms with Crippen LogP contribution in [0.25, 0.3) is 11.3 Å². The number of methoxy groups -OCH3 is 1. The smallest absolute Gasteiger partial charge is 0.227 e. The van der Waals surface area contributed by atoms with Crippen molar-refractivity contribution in [2.75, 3.05) is 18.7 Å². The Bertz CT molecular complexity index is 1300. The minimum absolute atomic E-state index is 0.0640. The van der Waals surface area contributed by atoms with Gasteiger partial charge in [0.15, 0.2) is 12.0 Å². The third kappa shape index (κ3) is 5.68. The van der Waals surface area contributed by atoms with Crippen LogP contribution in [0, 0.1) is 23.1 Å². The first-order chi connectivity index (χ1) is 14.7. The lowest BCUT2D eigenvalue weighted by molar-refractivity contribution is 0.412. The lowest BCUT2D eigenvalue weighted by atomic mass is 10.1. The Balaban J connectivity index is 1.99. The standard InChI is InChI=1S/C20H16BrF2N5O2S/c1-30-18-8-14(22)3-4-16(18)19-17(23)9-25-20(28-19)27-15-6-12(5-13(21)7-15)10-31(2,29)26-11-24/h3-10H,1-2H3,(H,26,29)(H,25,27,28). The van der Waals surface area contributed by atoms with Crippen LogP contribution in [-0.2, 0) is 9.71 Å². The zero-order chi connectivity index (χ0) is 22.6. The number of hydrogen-bond donors (Lipinski definition) is 2. The average molecular weight is 508 g/mol. The minimum Gasteiger partial charge on any atom is -0.496 e. The molecule has 0 saturated carbocycles. The molecule has 2 N–H and O–H groups in total. The summed E-state index contributed by atoms with van der Waals surface area (Å²) in [5.41, 5.74) is 1.29. The Kier molecular flexibility index (Phi) is 6.72. The number of nitrogens with zero attached hydrogens (tertiary/aromatic N) is 3. The summed E-state index contributed by atoms with van der Waals surface area (Å²) in [4.78, 5) is 8.15. The number of benzene rings is 2. The number of halogens is 3. The Morgan fingerprint density at radius 2 is 2.03 bits per heavy atom. The average Bonchev–Trinajstić information content (AvgIpc) is 2.68. The van der Waals surface area contributed by atoms with Gasteiger partial charge in [-0.2, -0.15) is 5.26 Å². The van der Waals surface area contributed by atoms with Crippen molar-refractivity contribution in [1.29, 1.82) is 5.26 Å². The number of nitrogens with one attached hydrogen (secondary N) is 2. The molecule has 3 aromatic rings. The van der Waals surface area contributed by atoms with Crippen LogP contribution in [0.4, 0.5) is 20.4 Å². The number of nitriles is 1. The largest absolute Gasteiger partial charge is 0.496 e. The van der Waals surface area contributed by atoms with E-state index in [0.717, 1.165) is 12.3 Å². The number of aromatic nitrogens is 2. The van der Waals surface area contributed by atoms with Gasteiger partial charge in [0.1, 0.15) is 17.3 Å². The maximum Gasteiger partial charge on any atom is 0.227 e. The summed E-state index contributed by atoms with van der Waals surface area (Å²) >= 11 is 3.37. The molecule has 0 aliphatic carbocycles. The van der Waals surface area contributed by atoms with Crippen LogP contribution in [0.2, 0.25) is 0 Å². The molecule has 1 atom stereocenters. The van der Waals surface area contributed by atoms with E-state index in [1.54, 1.807) is 24.4 Å². The summed E-state index contributed by atoms with van der Waals surface area (Å²) in [6, 6.07) is 8.79. The van der Waals surface area contributed by atoms with Crippen LogP contribution in [0.3, 0.4) is 0 Å². The lowest BCUT2D eigenvalue weighted by Gasteiger charge is -2.11. The van der Waals surface area contributed by atoms with Crippen LogP contribution in [-0.4, -0.2) is 32.9 Å². The molecule has 7 nitrogen and oxygen atoms in total. The van der Waals surface area contributed by atoms with Gasteiger partial charge >= 0.3 is 0 Å². The summed E-state index contributed by atoms with van der Waals surface area (Å²) in [5, 5.41) is 13.1. The SMILES string of the molecule is COc1cc(F)ccc1-c1nc(Nc2cc(Br)cc(C=S(C)(=O)NC#N)c2)ncc1F. The van der Waals surface area contributed by atoms with E-state index in [1.165, 1.54) is 30.9 Å². The van der Waals surface area contributed by atoms with Gasteiger partial charge in [-0.3, -0.25) is 0 Å². The molecule has 0 saturated heterocycles. The monoisotopic (exact) mass is 507 g/mol. The molecule has 31 heavy (non-hydrogen) atoms. The highest BCUT2D eigenvalue weighted by Crippen LogP contribution is 2.32. The molecule has 11 heteroatoms. The second-order valence-electron chi connectivity index (χ2n) is 6.37. The predicted octanol–water partition coefficient (Wildman–Crippen LogP) is 3.99. The summed E-state index contributed by atoms with van der Waals surface area (Å²) < 4.78 is 48.3. The first kappa shape index (κ1) is 22.5. The van der Waals surface area contributed by atoms with Crippen LogP contribution in [0.1, 0.15) is 5.56 Å². The third-order valence-corrected chi connectivity index (χ3v) is 5.62. The molecule has 0 bridgehead atoms. The maximum absolute atomic E-state index is 14.4. The van der Waals surface area contributed by atoms with Gasteiger partial charge in [0.05, 0.1) is 23.0 Å². The normalized spacial score (nSPS) is 12.4. The highest BCUT2D eigenvalue weighted by Gasteiger charge is 2.15. The van der Waals surface area contributed by atoms with Crippen molar-refractivity contribution in [2.45, 2.75) is 0 Å². The summed E-state index contributed by atoms with van der Waals surface area (Å²) in [6.07, 6.45) is 4.06. The van der Waals surface area contributed by atoms with E-state index in [2.05, 4.69) is 35.9 Å². The molecule has 1 unspecified atom stereocenters.